The summed E-state index contributed by atoms with van der Waals surface area (Å²) in [6.45, 7) is 20.5. The third-order valence-corrected chi connectivity index (χ3v) is 6.49. The van der Waals surface area contributed by atoms with Gasteiger partial charge >= 0.3 is 6.80 Å². The van der Waals surface area contributed by atoms with Crippen LogP contribution in [0.2, 0.25) is 0 Å². The zero-order valence-electron chi connectivity index (χ0n) is 16.0. The quantitative estimate of drug-likeness (QED) is 0.352. The lowest BCUT2D eigenvalue weighted by molar-refractivity contribution is 0.162. The Balaban J connectivity index is -0.000000483. The summed E-state index contributed by atoms with van der Waals surface area (Å²) >= 11 is 1.30. The molecule has 7 heteroatoms. The van der Waals surface area contributed by atoms with Crippen LogP contribution in [0.3, 0.4) is 0 Å². The maximum atomic E-state index is 12.1. The second kappa shape index (κ2) is 22.2. The van der Waals surface area contributed by atoms with E-state index >= 15 is 0 Å². The average Bonchev–Trinajstić information content (AvgIpc) is 2.55. The summed E-state index contributed by atoms with van der Waals surface area (Å²) < 4.78 is 27.3. The van der Waals surface area contributed by atoms with E-state index in [0.717, 1.165) is 38.6 Å². The van der Waals surface area contributed by atoms with E-state index in [2.05, 4.69) is 31.9 Å². The Hall–Kier alpha value is 0.160. The lowest BCUT2D eigenvalue weighted by atomic mass is 10.5. The zero-order chi connectivity index (χ0) is 18.6. The van der Waals surface area contributed by atoms with Crippen LogP contribution in [0, 0.1) is 0 Å². The molecule has 0 aromatic heterocycles. The van der Waals surface area contributed by atoms with E-state index in [9.17, 15) is 4.57 Å². The molecule has 0 unspecified atom stereocenters. The fourth-order valence-corrected chi connectivity index (χ4v) is 4.87. The van der Waals surface area contributed by atoms with E-state index in [-0.39, 0.29) is 0 Å². The number of hydrogen-bond acceptors (Lipinski definition) is 6. The highest BCUT2D eigenvalue weighted by molar-refractivity contribution is 8.55. The van der Waals surface area contributed by atoms with Gasteiger partial charge < -0.3 is 18.7 Å². The molecule has 142 valence electrons. The van der Waals surface area contributed by atoms with Crippen LogP contribution in [0.5, 0.6) is 0 Å². The van der Waals surface area contributed by atoms with E-state index in [1.807, 2.05) is 27.7 Å². The Labute approximate surface area is 148 Å². The van der Waals surface area contributed by atoms with Crippen molar-refractivity contribution >= 4 is 18.2 Å². The van der Waals surface area contributed by atoms with Crippen LogP contribution >= 0.6 is 18.2 Å². The van der Waals surface area contributed by atoms with Crippen LogP contribution in [-0.2, 0) is 18.3 Å². The van der Waals surface area contributed by atoms with Crippen molar-refractivity contribution in [3.8, 4) is 0 Å². The molecule has 0 aliphatic heterocycles. The molecule has 0 aliphatic carbocycles. The normalized spacial score (nSPS) is 10.6. The molecule has 5 nitrogen and oxygen atoms in total. The number of hydrogen-bond donors (Lipinski definition) is 0. The van der Waals surface area contributed by atoms with E-state index in [1.165, 1.54) is 11.4 Å². The fraction of sp³-hybridized carbons (Fsp3) is 0.875. The third-order valence-electron chi connectivity index (χ3n) is 2.53. The maximum Gasteiger partial charge on any atom is 0.389 e. The van der Waals surface area contributed by atoms with Crippen LogP contribution in [0.4, 0.5) is 0 Å². The highest BCUT2D eigenvalue weighted by atomic mass is 32.7. The lowest BCUT2D eigenvalue weighted by Gasteiger charge is -2.20. The maximum absolute atomic E-state index is 12.1. The van der Waals surface area contributed by atoms with Gasteiger partial charge in [-0.3, -0.25) is 0 Å². The molecule has 0 atom stereocenters. The van der Waals surface area contributed by atoms with Crippen molar-refractivity contribution in [2.75, 3.05) is 51.8 Å². The molecule has 0 saturated carbocycles. The predicted octanol–water partition coefficient (Wildman–Crippen LogP) is 5.09. The molecule has 0 bridgehead atoms. The standard InChI is InChI=1S/C10H24NO3PS.C4H10O.C2H4/c1-5-11(6-2)9-10-16-15(12,13-7-3)14-8-4;1-3-5-4-2;1-2/h5-10H2,1-4H3;3-4H2,1-2H3;1-2H2. The third kappa shape index (κ3) is 20.1. The number of nitrogens with zero attached hydrogens (tertiary/aromatic N) is 1. The Morgan fingerprint density at radius 3 is 1.57 bits per heavy atom. The molecule has 0 fully saturated rings. The summed E-state index contributed by atoms with van der Waals surface area (Å²) in [7, 11) is 0. The minimum absolute atomic E-state index is 0.426. The molecule has 0 N–H and O–H groups in total. The van der Waals surface area contributed by atoms with Gasteiger partial charge in [0, 0.05) is 25.5 Å². The topological polar surface area (TPSA) is 48.0 Å². The summed E-state index contributed by atoms with van der Waals surface area (Å²) in [5.74, 6) is 0.777. The highest BCUT2D eigenvalue weighted by Gasteiger charge is 2.24. The number of ether oxygens (including phenoxy) is 1. The Morgan fingerprint density at radius 1 is 0.870 bits per heavy atom. The molecule has 0 saturated heterocycles. The monoisotopic (exact) mass is 371 g/mol. The van der Waals surface area contributed by atoms with Gasteiger partial charge in [0.1, 0.15) is 0 Å². The first-order valence-corrected chi connectivity index (χ1v) is 11.5. The van der Waals surface area contributed by atoms with Gasteiger partial charge in [0.2, 0.25) is 0 Å². The summed E-state index contributed by atoms with van der Waals surface area (Å²) in [6, 6.07) is 0. The van der Waals surface area contributed by atoms with Gasteiger partial charge in [-0.05, 0) is 52.2 Å². The second-order valence-corrected chi connectivity index (χ2v) is 8.12. The first-order valence-electron chi connectivity index (χ1n) is 8.36. The molecule has 0 aromatic carbocycles. The molecule has 0 rings (SSSR count). The van der Waals surface area contributed by atoms with Crippen molar-refractivity contribution in [3.63, 3.8) is 0 Å². The van der Waals surface area contributed by atoms with Crippen LogP contribution < -0.4 is 0 Å². The number of rotatable bonds is 12. The van der Waals surface area contributed by atoms with Crippen LogP contribution in [0.15, 0.2) is 13.2 Å². The molecule has 0 aliphatic rings. The summed E-state index contributed by atoms with van der Waals surface area (Å²) in [5.41, 5.74) is 0. The van der Waals surface area contributed by atoms with Crippen molar-refractivity contribution in [1.82, 2.24) is 4.90 Å². The lowest BCUT2D eigenvalue weighted by Crippen LogP contribution is -2.25. The first-order chi connectivity index (χ1) is 11.0. The predicted molar refractivity (Wildman–Crippen MR) is 105 cm³/mol. The highest BCUT2D eigenvalue weighted by Crippen LogP contribution is 2.60. The van der Waals surface area contributed by atoms with Crippen molar-refractivity contribution in [2.24, 2.45) is 0 Å². The Kier molecular flexibility index (Phi) is 27.0. The summed E-state index contributed by atoms with van der Waals surface area (Å²) in [5, 5.41) is 0. The van der Waals surface area contributed by atoms with E-state index in [4.69, 9.17) is 13.8 Å². The average molecular weight is 372 g/mol. The van der Waals surface area contributed by atoms with Crippen LogP contribution in [-0.4, -0.2) is 56.7 Å². The molecule has 0 spiro atoms. The van der Waals surface area contributed by atoms with Crippen LogP contribution in [0.25, 0.3) is 0 Å². The molecule has 0 amide bonds. The van der Waals surface area contributed by atoms with E-state index < -0.39 is 6.80 Å². The molecule has 0 aromatic rings. The molecular weight excluding hydrogens is 333 g/mol. The van der Waals surface area contributed by atoms with Crippen molar-refractivity contribution < 1.29 is 18.3 Å². The Bertz CT molecular complexity index is 254. The SMILES string of the molecule is C=C.CCOCC.CCOP(=O)(OCC)SCCN(CC)CC. The minimum Gasteiger partial charge on any atom is -0.382 e. The van der Waals surface area contributed by atoms with Crippen molar-refractivity contribution in [2.45, 2.75) is 41.5 Å². The minimum atomic E-state index is -2.91. The van der Waals surface area contributed by atoms with Crippen LogP contribution in [0.1, 0.15) is 41.5 Å². The fourth-order valence-electron chi connectivity index (χ4n) is 1.45. The van der Waals surface area contributed by atoms with Crippen molar-refractivity contribution in [1.29, 1.82) is 0 Å². The smallest absolute Gasteiger partial charge is 0.382 e. The summed E-state index contributed by atoms with van der Waals surface area (Å²) in [4.78, 5) is 2.29. The zero-order valence-corrected chi connectivity index (χ0v) is 17.7. The van der Waals surface area contributed by atoms with Gasteiger partial charge in [0.15, 0.2) is 0 Å². The van der Waals surface area contributed by atoms with E-state index in [1.54, 1.807) is 0 Å². The summed E-state index contributed by atoms with van der Waals surface area (Å²) in [6.07, 6.45) is 0. The van der Waals surface area contributed by atoms with Gasteiger partial charge in [-0.15, -0.1) is 13.2 Å². The van der Waals surface area contributed by atoms with Gasteiger partial charge in [-0.2, -0.15) is 0 Å². The Morgan fingerprint density at radius 2 is 1.30 bits per heavy atom. The molecular formula is C16H38NO4PS. The second-order valence-electron chi connectivity index (χ2n) is 3.92. The molecule has 0 radical (unpaired) electrons. The largest absolute Gasteiger partial charge is 0.389 e. The van der Waals surface area contributed by atoms with Gasteiger partial charge in [-0.25, -0.2) is 4.57 Å². The van der Waals surface area contributed by atoms with Crippen molar-refractivity contribution in [3.05, 3.63) is 13.2 Å². The first kappa shape index (κ1) is 28.0. The molecule has 23 heavy (non-hydrogen) atoms. The van der Waals surface area contributed by atoms with Gasteiger partial charge in [0.25, 0.3) is 0 Å². The van der Waals surface area contributed by atoms with Gasteiger partial charge in [0.05, 0.1) is 13.2 Å². The van der Waals surface area contributed by atoms with E-state index in [0.29, 0.717) is 13.2 Å². The molecule has 0 heterocycles. The van der Waals surface area contributed by atoms with Gasteiger partial charge in [-0.1, -0.05) is 13.8 Å².